The highest BCUT2D eigenvalue weighted by Crippen LogP contribution is 2.34. The molecule has 2 nitrogen and oxygen atoms in total. The molecule has 0 bridgehead atoms. The van der Waals surface area contributed by atoms with Crippen molar-refractivity contribution < 1.29 is 4.42 Å². The number of pyridine rings is 1. The minimum Gasteiger partial charge on any atom is -0.456 e. The van der Waals surface area contributed by atoms with Crippen molar-refractivity contribution in [2.75, 3.05) is 0 Å². The third-order valence-electron chi connectivity index (χ3n) is 4.24. The summed E-state index contributed by atoms with van der Waals surface area (Å²) in [5, 5.41) is 2.35. The predicted molar refractivity (Wildman–Crippen MR) is 91.2 cm³/mol. The molecule has 0 amide bonds. The fourth-order valence-electron chi connectivity index (χ4n) is 3.20. The van der Waals surface area contributed by atoms with Crippen molar-refractivity contribution in [3.8, 4) is 11.1 Å². The molecule has 0 atom stereocenters. The van der Waals surface area contributed by atoms with Gasteiger partial charge in [0.2, 0.25) is 0 Å². The minimum atomic E-state index is 0.939. The van der Waals surface area contributed by atoms with E-state index in [-0.39, 0.29) is 0 Å². The standard InChI is InChI=1S/C20H17NO/c1-12-4-6-18-16(8-12)17-9-15(5-7-19(17)22-18)20-13(2)10-21-11-14(20)3/h4-11H,1-3H3. The molecule has 0 aliphatic heterocycles. The van der Waals surface area contributed by atoms with Crippen molar-refractivity contribution in [3.63, 3.8) is 0 Å². The van der Waals surface area contributed by atoms with Gasteiger partial charge in [-0.2, -0.15) is 0 Å². The lowest BCUT2D eigenvalue weighted by Gasteiger charge is -2.09. The summed E-state index contributed by atoms with van der Waals surface area (Å²) in [5.41, 5.74) is 8.01. The van der Waals surface area contributed by atoms with Gasteiger partial charge in [0, 0.05) is 23.2 Å². The highest BCUT2D eigenvalue weighted by Gasteiger charge is 2.11. The van der Waals surface area contributed by atoms with Crippen LogP contribution in [0.15, 0.2) is 53.2 Å². The van der Waals surface area contributed by atoms with Gasteiger partial charge in [0.25, 0.3) is 0 Å². The minimum absolute atomic E-state index is 0.939. The Hall–Kier alpha value is -2.61. The van der Waals surface area contributed by atoms with Crippen LogP contribution < -0.4 is 0 Å². The summed E-state index contributed by atoms with van der Waals surface area (Å²) in [4.78, 5) is 4.27. The van der Waals surface area contributed by atoms with Crippen molar-refractivity contribution in [3.05, 3.63) is 65.5 Å². The topological polar surface area (TPSA) is 26.0 Å². The third kappa shape index (κ3) is 1.92. The largest absolute Gasteiger partial charge is 0.456 e. The number of aryl methyl sites for hydroxylation is 3. The Bertz CT molecular complexity index is 991. The van der Waals surface area contributed by atoms with Crippen molar-refractivity contribution in [2.45, 2.75) is 20.8 Å². The zero-order chi connectivity index (χ0) is 15.3. The van der Waals surface area contributed by atoms with Crippen LogP contribution >= 0.6 is 0 Å². The zero-order valence-electron chi connectivity index (χ0n) is 13.0. The van der Waals surface area contributed by atoms with E-state index < -0.39 is 0 Å². The lowest BCUT2D eigenvalue weighted by atomic mass is 9.96. The van der Waals surface area contributed by atoms with Crippen LogP contribution in [0.4, 0.5) is 0 Å². The summed E-state index contributed by atoms with van der Waals surface area (Å²) in [6, 6.07) is 12.8. The van der Waals surface area contributed by atoms with Crippen LogP contribution in [0.1, 0.15) is 16.7 Å². The van der Waals surface area contributed by atoms with Gasteiger partial charge in [-0.25, -0.2) is 0 Å². The van der Waals surface area contributed by atoms with Crippen molar-refractivity contribution in [2.24, 2.45) is 0 Å². The Balaban J connectivity index is 2.04. The van der Waals surface area contributed by atoms with E-state index in [1.54, 1.807) is 0 Å². The van der Waals surface area contributed by atoms with E-state index in [1.807, 2.05) is 18.5 Å². The number of nitrogens with zero attached hydrogens (tertiary/aromatic N) is 1. The van der Waals surface area contributed by atoms with Gasteiger partial charge in [-0.1, -0.05) is 17.7 Å². The summed E-state index contributed by atoms with van der Waals surface area (Å²) in [5.74, 6) is 0. The van der Waals surface area contributed by atoms with Gasteiger partial charge in [0.05, 0.1) is 0 Å². The predicted octanol–water partition coefficient (Wildman–Crippen LogP) is 5.57. The van der Waals surface area contributed by atoms with Crippen LogP contribution in [0.25, 0.3) is 33.1 Å². The maximum absolute atomic E-state index is 5.95. The Morgan fingerprint density at radius 1 is 0.773 bits per heavy atom. The van der Waals surface area contributed by atoms with Crippen molar-refractivity contribution >= 4 is 21.9 Å². The fourth-order valence-corrected chi connectivity index (χ4v) is 3.20. The molecular weight excluding hydrogens is 270 g/mol. The lowest BCUT2D eigenvalue weighted by molar-refractivity contribution is 0.669. The quantitative estimate of drug-likeness (QED) is 0.457. The van der Waals surface area contributed by atoms with Crippen LogP contribution in [0.3, 0.4) is 0 Å². The van der Waals surface area contributed by atoms with Crippen LogP contribution in [-0.4, -0.2) is 4.98 Å². The summed E-state index contributed by atoms with van der Waals surface area (Å²) in [6.07, 6.45) is 3.84. The molecule has 0 N–H and O–H groups in total. The first kappa shape index (κ1) is 13.1. The normalized spacial score (nSPS) is 11.4. The van der Waals surface area contributed by atoms with E-state index in [1.165, 1.54) is 38.6 Å². The molecule has 0 aliphatic carbocycles. The molecular formula is C20H17NO. The molecule has 0 saturated heterocycles. The molecule has 2 heteroatoms. The monoisotopic (exact) mass is 287 g/mol. The van der Waals surface area contributed by atoms with Gasteiger partial charge in [-0.3, -0.25) is 4.98 Å². The average molecular weight is 287 g/mol. The molecule has 2 heterocycles. The van der Waals surface area contributed by atoms with Crippen LogP contribution in [0.5, 0.6) is 0 Å². The van der Waals surface area contributed by atoms with Gasteiger partial charge in [-0.05, 0) is 67.3 Å². The van der Waals surface area contributed by atoms with Crippen molar-refractivity contribution in [1.82, 2.24) is 4.98 Å². The Morgan fingerprint density at radius 2 is 1.41 bits per heavy atom. The number of rotatable bonds is 1. The number of furan rings is 1. The summed E-state index contributed by atoms with van der Waals surface area (Å²) in [7, 11) is 0. The van der Waals surface area contributed by atoms with Gasteiger partial charge in [0.1, 0.15) is 11.2 Å². The lowest BCUT2D eigenvalue weighted by Crippen LogP contribution is -1.89. The molecule has 2 aromatic carbocycles. The fraction of sp³-hybridized carbons (Fsp3) is 0.150. The van der Waals surface area contributed by atoms with E-state index in [2.05, 4.69) is 56.1 Å². The van der Waals surface area contributed by atoms with Crippen LogP contribution in [0, 0.1) is 20.8 Å². The maximum atomic E-state index is 5.95. The molecule has 0 unspecified atom stereocenters. The number of fused-ring (bicyclic) bond motifs is 3. The molecule has 22 heavy (non-hydrogen) atoms. The van der Waals surface area contributed by atoms with Gasteiger partial charge in [0.15, 0.2) is 0 Å². The Kier molecular flexibility index (Phi) is 2.80. The Labute approximate surface area is 129 Å². The zero-order valence-corrected chi connectivity index (χ0v) is 13.0. The first-order chi connectivity index (χ1) is 10.6. The maximum Gasteiger partial charge on any atom is 0.135 e. The summed E-state index contributed by atoms with van der Waals surface area (Å²) >= 11 is 0. The van der Waals surface area contributed by atoms with Crippen LogP contribution in [0.2, 0.25) is 0 Å². The van der Waals surface area contributed by atoms with Crippen molar-refractivity contribution in [1.29, 1.82) is 0 Å². The molecule has 0 radical (unpaired) electrons. The van der Waals surface area contributed by atoms with E-state index >= 15 is 0 Å². The van der Waals surface area contributed by atoms with E-state index in [0.717, 1.165) is 11.2 Å². The van der Waals surface area contributed by atoms with Gasteiger partial charge in [-0.15, -0.1) is 0 Å². The number of hydrogen-bond acceptors (Lipinski definition) is 2. The van der Waals surface area contributed by atoms with E-state index in [9.17, 15) is 0 Å². The molecule has 2 aromatic heterocycles. The molecule has 4 aromatic rings. The number of benzene rings is 2. The molecule has 0 spiro atoms. The summed E-state index contributed by atoms with van der Waals surface area (Å²) < 4.78 is 5.95. The average Bonchev–Trinajstić information content (AvgIpc) is 2.84. The van der Waals surface area contributed by atoms with Gasteiger partial charge < -0.3 is 4.42 Å². The molecule has 0 saturated carbocycles. The van der Waals surface area contributed by atoms with Crippen LogP contribution in [-0.2, 0) is 0 Å². The van der Waals surface area contributed by atoms with E-state index in [4.69, 9.17) is 4.42 Å². The molecule has 4 rings (SSSR count). The number of aromatic nitrogens is 1. The summed E-state index contributed by atoms with van der Waals surface area (Å²) in [6.45, 7) is 6.33. The third-order valence-corrected chi connectivity index (χ3v) is 4.24. The second-order valence-electron chi connectivity index (χ2n) is 5.96. The highest BCUT2D eigenvalue weighted by atomic mass is 16.3. The first-order valence-electron chi connectivity index (χ1n) is 7.48. The first-order valence-corrected chi connectivity index (χ1v) is 7.48. The SMILES string of the molecule is Cc1ccc2oc3ccc(-c4c(C)cncc4C)cc3c2c1. The van der Waals surface area contributed by atoms with Gasteiger partial charge >= 0.3 is 0 Å². The highest BCUT2D eigenvalue weighted by molar-refractivity contribution is 6.06. The molecule has 108 valence electrons. The smallest absolute Gasteiger partial charge is 0.135 e. The molecule has 0 fully saturated rings. The van der Waals surface area contributed by atoms with E-state index in [0.29, 0.717) is 0 Å². The Morgan fingerprint density at radius 3 is 2.14 bits per heavy atom. The second kappa shape index (κ2) is 4.70. The molecule has 0 aliphatic rings. The second-order valence-corrected chi connectivity index (χ2v) is 5.96. The number of hydrogen-bond donors (Lipinski definition) is 0.